The van der Waals surface area contributed by atoms with E-state index in [1.54, 1.807) is 18.2 Å². The van der Waals surface area contributed by atoms with Crippen LogP contribution in [0.15, 0.2) is 35.2 Å². The number of benzene rings is 2. The summed E-state index contributed by atoms with van der Waals surface area (Å²) in [6.45, 7) is -0.241. The molecule has 0 bridgehead atoms. The molecule has 8 heteroatoms. The second kappa shape index (κ2) is 5.86. The lowest BCUT2D eigenvalue weighted by Gasteiger charge is -2.11. The number of nitrogens with one attached hydrogen (secondary N) is 1. The van der Waals surface area contributed by atoms with Gasteiger partial charge in [-0.05, 0) is 23.6 Å². The molecule has 0 aliphatic heterocycles. The number of phenolic OH excluding ortho intramolecular Hbond substituents is 1. The maximum atomic E-state index is 11.1. The van der Waals surface area contributed by atoms with E-state index >= 15 is 0 Å². The third-order valence-electron chi connectivity index (χ3n) is 2.96. The molecule has 5 N–H and O–H groups in total. The Labute approximate surface area is 121 Å². The third-order valence-corrected chi connectivity index (χ3v) is 3.79. The van der Waals surface area contributed by atoms with E-state index in [1.807, 2.05) is 0 Å². The van der Waals surface area contributed by atoms with Crippen molar-refractivity contribution in [2.24, 2.45) is 0 Å². The van der Waals surface area contributed by atoms with Gasteiger partial charge in [0.1, 0.15) is 5.75 Å². The smallest absolute Gasteiger partial charge is 0.294 e. The molecule has 21 heavy (non-hydrogen) atoms. The van der Waals surface area contributed by atoms with Crippen LogP contribution in [0.3, 0.4) is 0 Å². The highest BCUT2D eigenvalue weighted by molar-refractivity contribution is 7.85. The molecule has 2 rings (SSSR count). The number of phenols is 1. The number of aliphatic hydroxyl groups excluding tert-OH is 2. The minimum atomic E-state index is -4.39. The second-order valence-corrected chi connectivity index (χ2v) is 5.99. The number of fused-ring (bicyclic) bond motifs is 1. The summed E-state index contributed by atoms with van der Waals surface area (Å²) in [7, 11) is -4.39. The molecule has 2 aromatic rings. The monoisotopic (exact) mass is 313 g/mol. The zero-order valence-corrected chi connectivity index (χ0v) is 11.7. The molecule has 1 atom stereocenters. The minimum absolute atomic E-state index is 0.131. The molecule has 114 valence electrons. The lowest BCUT2D eigenvalue weighted by Crippen LogP contribution is -2.22. The van der Waals surface area contributed by atoms with E-state index in [2.05, 4.69) is 5.32 Å². The van der Waals surface area contributed by atoms with Gasteiger partial charge < -0.3 is 20.6 Å². The number of rotatable bonds is 5. The van der Waals surface area contributed by atoms with Crippen LogP contribution in [0.4, 0.5) is 5.69 Å². The van der Waals surface area contributed by atoms with Gasteiger partial charge in [0.2, 0.25) is 0 Å². The molecule has 0 saturated carbocycles. The van der Waals surface area contributed by atoms with Crippen LogP contribution in [0.2, 0.25) is 0 Å². The van der Waals surface area contributed by atoms with Crippen molar-refractivity contribution in [2.45, 2.75) is 11.0 Å². The summed E-state index contributed by atoms with van der Waals surface area (Å²) in [4.78, 5) is -0.385. The van der Waals surface area contributed by atoms with Gasteiger partial charge in [-0.2, -0.15) is 8.42 Å². The molecule has 0 aromatic heterocycles. The van der Waals surface area contributed by atoms with Crippen LogP contribution in [0, 0.1) is 0 Å². The molecule has 2 aromatic carbocycles. The van der Waals surface area contributed by atoms with Gasteiger partial charge in [0.05, 0.1) is 17.6 Å². The average molecular weight is 313 g/mol. The van der Waals surface area contributed by atoms with Crippen molar-refractivity contribution in [3.63, 3.8) is 0 Å². The van der Waals surface area contributed by atoms with E-state index < -0.39 is 16.2 Å². The van der Waals surface area contributed by atoms with Crippen LogP contribution in [-0.4, -0.2) is 47.5 Å². The van der Waals surface area contributed by atoms with Gasteiger partial charge >= 0.3 is 0 Å². The summed E-state index contributed by atoms with van der Waals surface area (Å²) in [6.07, 6.45) is -0.906. The Morgan fingerprint density at radius 2 is 1.90 bits per heavy atom. The van der Waals surface area contributed by atoms with Crippen molar-refractivity contribution in [1.29, 1.82) is 0 Å². The maximum absolute atomic E-state index is 11.1. The van der Waals surface area contributed by atoms with Gasteiger partial charge in [0.15, 0.2) is 0 Å². The highest BCUT2D eigenvalue weighted by Crippen LogP contribution is 2.30. The molecule has 7 nitrogen and oxygen atoms in total. The first-order valence-electron chi connectivity index (χ1n) is 6.08. The van der Waals surface area contributed by atoms with Crippen molar-refractivity contribution in [2.75, 3.05) is 18.5 Å². The van der Waals surface area contributed by atoms with E-state index in [0.717, 1.165) is 6.07 Å². The van der Waals surface area contributed by atoms with E-state index in [1.165, 1.54) is 6.07 Å². The topological polar surface area (TPSA) is 127 Å². The van der Waals surface area contributed by atoms with Crippen molar-refractivity contribution in [1.82, 2.24) is 0 Å². The fraction of sp³-hybridized carbons (Fsp3) is 0.231. The summed E-state index contributed by atoms with van der Waals surface area (Å²) in [5.41, 5.74) is 0.588. The van der Waals surface area contributed by atoms with Gasteiger partial charge in [0, 0.05) is 23.7 Å². The number of hydrogen-bond donors (Lipinski definition) is 5. The summed E-state index contributed by atoms with van der Waals surface area (Å²) < 4.78 is 31.2. The van der Waals surface area contributed by atoms with Crippen LogP contribution in [0.5, 0.6) is 5.75 Å². The predicted octanol–water partition coefficient (Wildman–Crippen LogP) is 0.557. The summed E-state index contributed by atoms with van der Waals surface area (Å²) in [5, 5.41) is 31.6. The van der Waals surface area contributed by atoms with Gasteiger partial charge in [-0.3, -0.25) is 4.55 Å². The fourth-order valence-corrected chi connectivity index (χ4v) is 2.41. The zero-order chi connectivity index (χ0) is 15.6. The number of anilines is 1. The van der Waals surface area contributed by atoms with Crippen LogP contribution in [0.1, 0.15) is 0 Å². The maximum Gasteiger partial charge on any atom is 0.294 e. The summed E-state index contributed by atoms with van der Waals surface area (Å²) in [6, 6.07) is 6.97. The third kappa shape index (κ3) is 3.61. The van der Waals surface area contributed by atoms with Crippen molar-refractivity contribution < 1.29 is 28.3 Å². The van der Waals surface area contributed by atoms with E-state index in [0.29, 0.717) is 16.5 Å². The molecule has 0 fully saturated rings. The first-order valence-corrected chi connectivity index (χ1v) is 7.52. The highest BCUT2D eigenvalue weighted by Gasteiger charge is 2.13. The average Bonchev–Trinajstić information content (AvgIpc) is 2.43. The molecule has 0 aliphatic rings. The Morgan fingerprint density at radius 1 is 1.19 bits per heavy atom. The largest absolute Gasteiger partial charge is 0.507 e. The minimum Gasteiger partial charge on any atom is -0.507 e. The van der Waals surface area contributed by atoms with Crippen LogP contribution in [-0.2, 0) is 10.1 Å². The normalized spacial score (nSPS) is 13.3. The Bertz CT molecular complexity index is 759. The molecule has 1 unspecified atom stereocenters. The molecule has 0 spiro atoms. The lowest BCUT2D eigenvalue weighted by molar-refractivity contribution is 0.105. The first-order chi connectivity index (χ1) is 9.81. The Kier molecular flexibility index (Phi) is 4.33. The van der Waals surface area contributed by atoms with Gasteiger partial charge in [0.25, 0.3) is 10.1 Å². The molecule has 0 radical (unpaired) electrons. The van der Waals surface area contributed by atoms with Gasteiger partial charge in [-0.15, -0.1) is 0 Å². The second-order valence-electron chi connectivity index (χ2n) is 4.57. The number of aromatic hydroxyl groups is 1. The lowest BCUT2D eigenvalue weighted by atomic mass is 10.1. The van der Waals surface area contributed by atoms with Gasteiger partial charge in [-0.1, -0.05) is 6.07 Å². The van der Waals surface area contributed by atoms with Crippen LogP contribution in [0.25, 0.3) is 10.8 Å². The standard InChI is InChI=1S/C13H15NO6S/c15-7-10(16)6-14-9-2-1-8-3-11(21(18,19)20)5-13(17)12(8)4-9/h1-5,10,14-17H,6-7H2,(H,18,19,20). The first kappa shape index (κ1) is 15.5. The molecule has 0 amide bonds. The zero-order valence-electron chi connectivity index (χ0n) is 10.9. The molecule has 0 saturated heterocycles. The Balaban J connectivity index is 2.38. The SMILES string of the molecule is O=S(=O)(O)c1cc(O)c2cc(NCC(O)CO)ccc2c1. The highest BCUT2D eigenvalue weighted by atomic mass is 32.2. The molecular weight excluding hydrogens is 298 g/mol. The van der Waals surface area contributed by atoms with Crippen molar-refractivity contribution in [3.8, 4) is 5.75 Å². The fourth-order valence-electron chi connectivity index (χ4n) is 1.87. The Hall–Kier alpha value is -1.87. The van der Waals surface area contributed by atoms with E-state index in [9.17, 15) is 18.6 Å². The number of aliphatic hydroxyl groups is 2. The van der Waals surface area contributed by atoms with E-state index in [4.69, 9.17) is 9.66 Å². The molecular formula is C13H15NO6S. The summed E-state index contributed by atoms with van der Waals surface area (Å²) in [5.74, 6) is -0.286. The van der Waals surface area contributed by atoms with Crippen LogP contribution < -0.4 is 5.32 Å². The van der Waals surface area contributed by atoms with Gasteiger partial charge in [-0.25, -0.2) is 0 Å². The molecule has 0 aliphatic carbocycles. The van der Waals surface area contributed by atoms with Crippen molar-refractivity contribution in [3.05, 3.63) is 30.3 Å². The quantitative estimate of drug-likeness (QED) is 0.510. The predicted molar refractivity (Wildman–Crippen MR) is 77.0 cm³/mol. The van der Waals surface area contributed by atoms with Crippen molar-refractivity contribution >= 4 is 26.6 Å². The molecule has 0 heterocycles. The Morgan fingerprint density at radius 3 is 2.52 bits per heavy atom. The van der Waals surface area contributed by atoms with Crippen LogP contribution >= 0.6 is 0 Å². The number of hydrogen-bond acceptors (Lipinski definition) is 6. The van der Waals surface area contributed by atoms with E-state index in [-0.39, 0.29) is 23.8 Å². The summed E-state index contributed by atoms with van der Waals surface area (Å²) >= 11 is 0.